The zero-order valence-electron chi connectivity index (χ0n) is 15.8. The highest BCUT2D eigenvalue weighted by Crippen LogP contribution is 2.27. The largest absolute Gasteiger partial charge is 0.394 e. The Balaban J connectivity index is 1.67. The zero-order valence-corrected chi connectivity index (χ0v) is 15.8. The lowest BCUT2D eigenvalue weighted by Gasteiger charge is -2.18. The summed E-state index contributed by atoms with van der Waals surface area (Å²) >= 11 is 0. The fraction of sp³-hybridized carbons (Fsp3) is 0.300. The summed E-state index contributed by atoms with van der Waals surface area (Å²) in [5, 5.41) is 29.4. The van der Waals surface area contributed by atoms with E-state index in [9.17, 15) is 24.9 Å². The molecule has 1 saturated heterocycles. The van der Waals surface area contributed by atoms with Crippen LogP contribution in [0.1, 0.15) is 11.9 Å². The van der Waals surface area contributed by atoms with Gasteiger partial charge in [-0.25, -0.2) is 4.79 Å². The Labute approximate surface area is 170 Å². The number of nitrogens with zero attached hydrogens (tertiary/aromatic N) is 4. The standard InChI is InChI=1S/C20H20N4O6/c25-11-15-17(27)18(28)19(30-15)23-8-4-16(26)24(20(23)29)10-14-9-13(3-7-22-14)12-1-5-21-6-2-12/h1-9,15,17-19,25,27-28H,10-11H2/t15-,17?,18?,19-/m1/s1. The van der Waals surface area contributed by atoms with Gasteiger partial charge in [-0.3, -0.25) is 23.9 Å². The predicted octanol–water partition coefficient (Wildman–Crippen LogP) is -0.873. The van der Waals surface area contributed by atoms with Gasteiger partial charge in [0.15, 0.2) is 6.23 Å². The molecule has 10 nitrogen and oxygen atoms in total. The zero-order chi connectivity index (χ0) is 21.3. The van der Waals surface area contributed by atoms with Crippen LogP contribution >= 0.6 is 0 Å². The van der Waals surface area contributed by atoms with Crippen molar-refractivity contribution in [3.05, 3.63) is 81.7 Å². The number of ether oxygens (including phenoxy) is 1. The van der Waals surface area contributed by atoms with E-state index in [1.807, 2.05) is 18.2 Å². The summed E-state index contributed by atoms with van der Waals surface area (Å²) < 4.78 is 7.39. The molecule has 0 spiro atoms. The SMILES string of the molecule is O=c1ccn([C@@H]2O[C@H](CO)C(O)C2O)c(=O)n1Cc1cc(-c2ccncc2)ccn1. The smallest absolute Gasteiger partial charge is 0.333 e. The molecule has 0 bridgehead atoms. The van der Waals surface area contributed by atoms with Crippen molar-refractivity contribution < 1.29 is 20.1 Å². The van der Waals surface area contributed by atoms with E-state index in [4.69, 9.17) is 4.74 Å². The molecule has 1 aliphatic rings. The lowest BCUT2D eigenvalue weighted by molar-refractivity contribution is -0.0555. The van der Waals surface area contributed by atoms with Crippen molar-refractivity contribution in [2.75, 3.05) is 6.61 Å². The molecule has 30 heavy (non-hydrogen) atoms. The topological polar surface area (TPSA) is 140 Å². The third-order valence-corrected chi connectivity index (χ3v) is 5.04. The molecule has 0 radical (unpaired) electrons. The highest BCUT2D eigenvalue weighted by atomic mass is 16.6. The maximum Gasteiger partial charge on any atom is 0.333 e. The minimum atomic E-state index is -1.43. The van der Waals surface area contributed by atoms with Crippen LogP contribution in [-0.2, 0) is 11.3 Å². The van der Waals surface area contributed by atoms with Gasteiger partial charge in [-0.1, -0.05) is 0 Å². The summed E-state index contributed by atoms with van der Waals surface area (Å²) in [5.41, 5.74) is 0.989. The molecule has 3 N–H and O–H groups in total. The Morgan fingerprint density at radius 2 is 1.73 bits per heavy atom. The Morgan fingerprint density at radius 1 is 1.00 bits per heavy atom. The van der Waals surface area contributed by atoms with E-state index in [0.717, 1.165) is 20.3 Å². The van der Waals surface area contributed by atoms with E-state index in [1.165, 1.54) is 12.3 Å². The maximum absolute atomic E-state index is 12.9. The van der Waals surface area contributed by atoms with Crippen LogP contribution in [0.15, 0.2) is 64.7 Å². The van der Waals surface area contributed by atoms with E-state index in [-0.39, 0.29) is 6.54 Å². The second-order valence-corrected chi connectivity index (χ2v) is 6.93. The summed E-state index contributed by atoms with van der Waals surface area (Å²) in [6, 6.07) is 8.42. The average Bonchev–Trinajstić information content (AvgIpc) is 3.06. The van der Waals surface area contributed by atoms with Crippen molar-refractivity contribution in [2.24, 2.45) is 0 Å². The minimum absolute atomic E-state index is 0.0910. The number of rotatable bonds is 5. The van der Waals surface area contributed by atoms with Crippen LogP contribution in [0.5, 0.6) is 0 Å². The summed E-state index contributed by atoms with van der Waals surface area (Å²) in [7, 11) is 0. The van der Waals surface area contributed by atoms with Gasteiger partial charge in [0, 0.05) is 30.9 Å². The third-order valence-electron chi connectivity index (χ3n) is 5.04. The third kappa shape index (κ3) is 3.68. The van der Waals surface area contributed by atoms with Gasteiger partial charge in [0.1, 0.15) is 18.3 Å². The molecule has 3 aromatic rings. The molecular formula is C20H20N4O6. The van der Waals surface area contributed by atoms with E-state index in [1.54, 1.807) is 24.7 Å². The van der Waals surface area contributed by atoms with E-state index >= 15 is 0 Å². The molecule has 0 amide bonds. The molecular weight excluding hydrogens is 392 g/mol. The Hall–Kier alpha value is -3.18. The number of aromatic nitrogens is 4. The normalized spacial score (nSPS) is 23.6. The first-order valence-corrected chi connectivity index (χ1v) is 9.29. The number of aliphatic hydroxyl groups excluding tert-OH is 3. The average molecular weight is 412 g/mol. The van der Waals surface area contributed by atoms with Gasteiger partial charge >= 0.3 is 5.69 Å². The summed E-state index contributed by atoms with van der Waals surface area (Å²) in [5.74, 6) is 0. The maximum atomic E-state index is 12.9. The van der Waals surface area contributed by atoms with E-state index in [2.05, 4.69) is 9.97 Å². The van der Waals surface area contributed by atoms with Crippen LogP contribution < -0.4 is 11.2 Å². The molecule has 0 aromatic carbocycles. The lowest BCUT2D eigenvalue weighted by atomic mass is 10.1. The van der Waals surface area contributed by atoms with Gasteiger partial charge in [0.05, 0.1) is 18.8 Å². The molecule has 0 saturated carbocycles. The van der Waals surface area contributed by atoms with Gasteiger partial charge in [0.2, 0.25) is 0 Å². The number of hydrogen-bond donors (Lipinski definition) is 3. The van der Waals surface area contributed by atoms with Crippen LogP contribution in [0, 0.1) is 0 Å². The predicted molar refractivity (Wildman–Crippen MR) is 105 cm³/mol. The lowest BCUT2D eigenvalue weighted by Crippen LogP contribution is -2.43. The summed E-state index contributed by atoms with van der Waals surface area (Å²) in [4.78, 5) is 33.5. The van der Waals surface area contributed by atoms with Crippen LogP contribution in [0.25, 0.3) is 11.1 Å². The molecule has 4 rings (SSSR count). The van der Waals surface area contributed by atoms with Crippen LogP contribution in [0.4, 0.5) is 0 Å². The Morgan fingerprint density at radius 3 is 2.43 bits per heavy atom. The fourth-order valence-corrected chi connectivity index (χ4v) is 3.43. The number of pyridine rings is 2. The first-order chi connectivity index (χ1) is 14.5. The monoisotopic (exact) mass is 412 g/mol. The number of aliphatic hydroxyl groups is 3. The second-order valence-electron chi connectivity index (χ2n) is 6.93. The highest BCUT2D eigenvalue weighted by Gasteiger charge is 2.43. The Kier molecular flexibility index (Phi) is 5.55. The van der Waals surface area contributed by atoms with Gasteiger partial charge in [0.25, 0.3) is 5.56 Å². The van der Waals surface area contributed by atoms with Gasteiger partial charge in [-0.2, -0.15) is 0 Å². The molecule has 4 atom stereocenters. The van der Waals surface area contributed by atoms with Gasteiger partial charge in [-0.05, 0) is 35.4 Å². The molecule has 2 unspecified atom stereocenters. The molecule has 156 valence electrons. The van der Waals surface area contributed by atoms with Gasteiger partial charge in [-0.15, -0.1) is 0 Å². The molecule has 1 aliphatic heterocycles. The van der Waals surface area contributed by atoms with Crippen LogP contribution in [0.2, 0.25) is 0 Å². The van der Waals surface area contributed by atoms with Crippen LogP contribution in [0.3, 0.4) is 0 Å². The van der Waals surface area contributed by atoms with Crippen molar-refractivity contribution in [1.29, 1.82) is 0 Å². The molecule has 0 aliphatic carbocycles. The van der Waals surface area contributed by atoms with Crippen molar-refractivity contribution in [1.82, 2.24) is 19.1 Å². The van der Waals surface area contributed by atoms with Crippen molar-refractivity contribution in [3.8, 4) is 11.1 Å². The molecule has 4 heterocycles. The molecule has 10 heteroatoms. The van der Waals surface area contributed by atoms with Gasteiger partial charge < -0.3 is 20.1 Å². The van der Waals surface area contributed by atoms with Crippen molar-refractivity contribution in [3.63, 3.8) is 0 Å². The van der Waals surface area contributed by atoms with E-state index < -0.39 is 42.4 Å². The highest BCUT2D eigenvalue weighted by molar-refractivity contribution is 5.62. The first-order valence-electron chi connectivity index (χ1n) is 9.29. The minimum Gasteiger partial charge on any atom is -0.394 e. The molecule has 3 aromatic heterocycles. The summed E-state index contributed by atoms with van der Waals surface area (Å²) in [6.07, 6.45) is 1.06. The number of hydrogen-bond acceptors (Lipinski definition) is 8. The summed E-state index contributed by atoms with van der Waals surface area (Å²) in [6.45, 7) is -0.610. The molecule has 1 fully saturated rings. The fourth-order valence-electron chi connectivity index (χ4n) is 3.43. The quantitative estimate of drug-likeness (QED) is 0.491. The second kappa shape index (κ2) is 8.28. The van der Waals surface area contributed by atoms with E-state index in [0.29, 0.717) is 5.69 Å². The van der Waals surface area contributed by atoms with Crippen LogP contribution in [-0.4, -0.2) is 59.3 Å². The first kappa shape index (κ1) is 20.1. The van der Waals surface area contributed by atoms with Crippen molar-refractivity contribution >= 4 is 0 Å². The Bertz CT molecular complexity index is 1150. The van der Waals surface area contributed by atoms with Crippen molar-refractivity contribution in [2.45, 2.75) is 31.1 Å².